The van der Waals surface area contributed by atoms with Crippen LogP contribution in [0.25, 0.3) is 0 Å². The fourth-order valence-corrected chi connectivity index (χ4v) is 4.07. The Morgan fingerprint density at radius 3 is 2.62 bits per heavy atom. The fourth-order valence-electron chi connectivity index (χ4n) is 3.93. The summed E-state index contributed by atoms with van der Waals surface area (Å²) in [7, 11) is 0. The van der Waals surface area contributed by atoms with Crippen LogP contribution in [0.3, 0.4) is 0 Å². The van der Waals surface area contributed by atoms with E-state index in [-0.39, 0.29) is 23.6 Å². The Labute approximate surface area is 170 Å². The van der Waals surface area contributed by atoms with Crippen LogP contribution in [0.15, 0.2) is 37.4 Å². The standard InChI is InChI=1S/C18H21ClF4N4O2/c1-24-16(29-10-18(21,22)23)12-8-25-15(19)13(20)14(12)26-11-28-9-17-4-2-6-27(17)7-3-5-17/h8H,1-7,9-11H2/b16-12+,26-14+. The van der Waals surface area contributed by atoms with E-state index in [9.17, 15) is 17.6 Å². The van der Waals surface area contributed by atoms with E-state index in [2.05, 4.69) is 31.3 Å². The van der Waals surface area contributed by atoms with Crippen LogP contribution in [0.5, 0.6) is 0 Å². The van der Waals surface area contributed by atoms with E-state index in [1.807, 2.05) is 0 Å². The molecular formula is C18H21ClF4N4O2. The average molecular weight is 437 g/mol. The first kappa shape index (κ1) is 21.9. The number of halogens is 5. The molecule has 3 aliphatic rings. The second kappa shape index (κ2) is 8.93. The van der Waals surface area contributed by atoms with E-state index < -0.39 is 29.6 Å². The van der Waals surface area contributed by atoms with Gasteiger partial charge in [0.25, 0.3) is 0 Å². The quantitative estimate of drug-likeness (QED) is 0.199. The van der Waals surface area contributed by atoms with Crippen LogP contribution in [0.1, 0.15) is 25.7 Å². The predicted octanol–water partition coefficient (Wildman–Crippen LogP) is 3.98. The van der Waals surface area contributed by atoms with Crippen LogP contribution >= 0.6 is 11.6 Å². The van der Waals surface area contributed by atoms with Gasteiger partial charge < -0.3 is 9.47 Å². The van der Waals surface area contributed by atoms with Crippen LogP contribution in [0.4, 0.5) is 17.6 Å². The first-order chi connectivity index (χ1) is 13.8. The van der Waals surface area contributed by atoms with Gasteiger partial charge in [-0.15, -0.1) is 0 Å². The normalized spacial score (nSPS) is 24.9. The maximum absolute atomic E-state index is 14.5. The van der Waals surface area contributed by atoms with Crippen molar-refractivity contribution in [2.75, 3.05) is 33.0 Å². The molecule has 0 N–H and O–H groups in total. The van der Waals surface area contributed by atoms with Crippen molar-refractivity contribution in [3.63, 3.8) is 0 Å². The first-order valence-electron chi connectivity index (χ1n) is 9.14. The maximum atomic E-state index is 14.5. The van der Waals surface area contributed by atoms with Gasteiger partial charge in [0, 0.05) is 11.8 Å². The summed E-state index contributed by atoms with van der Waals surface area (Å²) >= 11 is 5.70. The molecular weight excluding hydrogens is 416 g/mol. The number of allylic oxidation sites excluding steroid dienone is 2. The van der Waals surface area contributed by atoms with Gasteiger partial charge in [0.1, 0.15) is 12.4 Å². The summed E-state index contributed by atoms with van der Waals surface area (Å²) in [6.07, 6.45) is 0.744. The molecule has 0 radical (unpaired) electrons. The highest BCUT2D eigenvalue weighted by molar-refractivity contribution is 6.37. The molecule has 0 bridgehead atoms. The molecule has 0 aliphatic carbocycles. The van der Waals surface area contributed by atoms with Gasteiger partial charge in [-0.05, 0) is 45.5 Å². The van der Waals surface area contributed by atoms with Gasteiger partial charge in [0.2, 0.25) is 5.88 Å². The molecule has 0 aromatic carbocycles. The van der Waals surface area contributed by atoms with Crippen LogP contribution in [0, 0.1) is 0 Å². The summed E-state index contributed by atoms with van der Waals surface area (Å²) in [5.74, 6) is -1.54. The van der Waals surface area contributed by atoms with Gasteiger partial charge in [-0.2, -0.15) is 13.2 Å². The monoisotopic (exact) mass is 436 g/mol. The largest absolute Gasteiger partial charge is 0.467 e. The van der Waals surface area contributed by atoms with Crippen LogP contribution in [0.2, 0.25) is 0 Å². The Kier molecular flexibility index (Phi) is 6.75. The average Bonchev–Trinajstić information content (AvgIpc) is 3.22. The Morgan fingerprint density at radius 2 is 2.00 bits per heavy atom. The summed E-state index contributed by atoms with van der Waals surface area (Å²) in [5.41, 5.74) is -0.513. The number of nitrogens with zero attached hydrogens (tertiary/aromatic N) is 4. The lowest BCUT2D eigenvalue weighted by molar-refractivity contribution is -0.164. The number of hydrogen-bond acceptors (Lipinski definition) is 6. The lowest BCUT2D eigenvalue weighted by Crippen LogP contribution is -2.42. The van der Waals surface area contributed by atoms with E-state index >= 15 is 0 Å². The van der Waals surface area contributed by atoms with Crippen molar-refractivity contribution in [2.24, 2.45) is 15.0 Å². The highest BCUT2D eigenvalue weighted by Crippen LogP contribution is 2.38. The number of aliphatic imine (C=N–C) groups is 3. The van der Waals surface area contributed by atoms with Crippen molar-refractivity contribution in [3.8, 4) is 0 Å². The molecule has 2 fully saturated rings. The van der Waals surface area contributed by atoms with Gasteiger partial charge in [-0.3, -0.25) is 9.89 Å². The smallest absolute Gasteiger partial charge is 0.422 e. The summed E-state index contributed by atoms with van der Waals surface area (Å²) in [6, 6.07) is 0. The third-order valence-corrected chi connectivity index (χ3v) is 5.46. The van der Waals surface area contributed by atoms with Gasteiger partial charge in [-0.25, -0.2) is 14.4 Å². The number of hydrogen-bond donors (Lipinski definition) is 0. The molecule has 29 heavy (non-hydrogen) atoms. The lowest BCUT2D eigenvalue weighted by Gasteiger charge is -2.31. The number of ether oxygens (including phenoxy) is 2. The van der Waals surface area contributed by atoms with Crippen molar-refractivity contribution in [1.82, 2.24) is 4.90 Å². The van der Waals surface area contributed by atoms with E-state index in [0.717, 1.165) is 45.0 Å². The van der Waals surface area contributed by atoms with E-state index in [0.29, 0.717) is 6.61 Å². The van der Waals surface area contributed by atoms with Crippen LogP contribution < -0.4 is 0 Å². The minimum absolute atomic E-state index is 0.00254. The summed E-state index contributed by atoms with van der Waals surface area (Å²) < 4.78 is 62.2. The molecule has 3 aliphatic heterocycles. The van der Waals surface area contributed by atoms with Crippen molar-refractivity contribution < 1.29 is 27.0 Å². The molecule has 2 saturated heterocycles. The highest BCUT2D eigenvalue weighted by atomic mass is 35.5. The number of rotatable bonds is 7. The second-order valence-electron chi connectivity index (χ2n) is 7.05. The number of alkyl halides is 3. The zero-order valence-corrected chi connectivity index (χ0v) is 16.4. The molecule has 0 spiro atoms. The molecule has 0 saturated carbocycles. The van der Waals surface area contributed by atoms with Crippen molar-refractivity contribution >= 4 is 30.2 Å². The highest BCUT2D eigenvalue weighted by Gasteiger charge is 2.44. The Hall–Kier alpha value is -1.78. The number of fused-ring (bicyclic) bond motifs is 1. The van der Waals surface area contributed by atoms with E-state index in [1.165, 1.54) is 0 Å². The SMILES string of the molecule is C=N/C(OCC(F)(F)F)=C1/C=NC(Cl)=C(F)/C1=N/COCC12CCCN1CCC2. The summed E-state index contributed by atoms with van der Waals surface area (Å²) in [4.78, 5) is 13.5. The first-order valence-corrected chi connectivity index (χ1v) is 9.51. The van der Waals surface area contributed by atoms with Crippen LogP contribution in [-0.2, 0) is 9.47 Å². The minimum Gasteiger partial charge on any atom is -0.467 e. The van der Waals surface area contributed by atoms with Crippen molar-refractivity contribution in [2.45, 2.75) is 37.4 Å². The Morgan fingerprint density at radius 1 is 1.31 bits per heavy atom. The topological polar surface area (TPSA) is 58.8 Å². The van der Waals surface area contributed by atoms with Gasteiger partial charge in [0.15, 0.2) is 17.6 Å². The molecule has 0 aromatic heterocycles. The van der Waals surface area contributed by atoms with Crippen molar-refractivity contribution in [1.29, 1.82) is 0 Å². The molecule has 160 valence electrons. The molecule has 0 atom stereocenters. The molecule has 0 unspecified atom stereocenters. The zero-order chi connectivity index (χ0) is 21.1. The molecule has 0 aromatic rings. The second-order valence-corrected chi connectivity index (χ2v) is 7.40. The zero-order valence-electron chi connectivity index (χ0n) is 15.6. The van der Waals surface area contributed by atoms with Gasteiger partial charge in [-0.1, -0.05) is 11.6 Å². The fraction of sp³-hybridized carbons (Fsp3) is 0.611. The lowest BCUT2D eigenvalue weighted by atomic mass is 9.95. The Balaban J connectivity index is 1.73. The third kappa shape index (κ3) is 5.04. The van der Waals surface area contributed by atoms with E-state index in [4.69, 9.17) is 16.3 Å². The molecule has 3 heterocycles. The van der Waals surface area contributed by atoms with E-state index in [1.54, 1.807) is 0 Å². The van der Waals surface area contributed by atoms with Gasteiger partial charge >= 0.3 is 6.18 Å². The van der Waals surface area contributed by atoms with Crippen molar-refractivity contribution in [3.05, 3.63) is 22.4 Å². The molecule has 0 amide bonds. The molecule has 11 heteroatoms. The van der Waals surface area contributed by atoms with Crippen LogP contribution in [-0.4, -0.2) is 68.3 Å². The van der Waals surface area contributed by atoms with Gasteiger partial charge in [0.05, 0.1) is 12.2 Å². The molecule has 3 rings (SSSR count). The predicted molar refractivity (Wildman–Crippen MR) is 102 cm³/mol. The summed E-state index contributed by atoms with van der Waals surface area (Å²) in [5, 5.41) is -0.469. The maximum Gasteiger partial charge on any atom is 0.422 e. The summed E-state index contributed by atoms with van der Waals surface area (Å²) in [6.45, 7) is 3.91. The Bertz CT molecular complexity index is 766. The minimum atomic E-state index is -4.59. The third-order valence-electron chi connectivity index (χ3n) is 5.19. The molecule has 6 nitrogen and oxygen atoms in total.